The lowest BCUT2D eigenvalue weighted by Crippen LogP contribution is -2.38. The van der Waals surface area contributed by atoms with E-state index in [1.807, 2.05) is 0 Å². The van der Waals surface area contributed by atoms with Crippen molar-refractivity contribution in [1.82, 2.24) is 10.2 Å². The van der Waals surface area contributed by atoms with Crippen molar-refractivity contribution < 1.29 is 9.47 Å². The first-order valence-electron chi connectivity index (χ1n) is 6.57. The SMILES string of the molecule is C1CO[C@H](CNCCCN2CCOCC2)C1. The Hall–Kier alpha value is -0.160. The molecule has 0 aromatic carbocycles. The normalized spacial score (nSPS) is 27.4. The van der Waals surface area contributed by atoms with E-state index in [2.05, 4.69) is 10.2 Å². The van der Waals surface area contributed by atoms with Gasteiger partial charge in [0.2, 0.25) is 0 Å². The molecule has 2 fully saturated rings. The van der Waals surface area contributed by atoms with Gasteiger partial charge in [0.15, 0.2) is 0 Å². The first-order valence-corrected chi connectivity index (χ1v) is 6.57. The first kappa shape index (κ1) is 12.3. The minimum Gasteiger partial charge on any atom is -0.379 e. The summed E-state index contributed by atoms with van der Waals surface area (Å²) in [6.07, 6.45) is 4.17. The zero-order chi connectivity index (χ0) is 11.1. The number of hydrogen-bond donors (Lipinski definition) is 1. The Morgan fingerprint density at radius 1 is 1.19 bits per heavy atom. The fourth-order valence-electron chi connectivity index (χ4n) is 2.32. The first-order chi connectivity index (χ1) is 7.95. The number of nitrogens with one attached hydrogen (secondary N) is 1. The molecule has 1 atom stereocenters. The molecule has 2 aliphatic heterocycles. The van der Waals surface area contributed by atoms with E-state index in [9.17, 15) is 0 Å². The highest BCUT2D eigenvalue weighted by Crippen LogP contribution is 2.10. The van der Waals surface area contributed by atoms with Gasteiger partial charge in [0.1, 0.15) is 0 Å². The molecule has 4 heteroatoms. The van der Waals surface area contributed by atoms with Crippen LogP contribution in [-0.2, 0) is 9.47 Å². The van der Waals surface area contributed by atoms with Crippen LogP contribution in [0.25, 0.3) is 0 Å². The fourth-order valence-corrected chi connectivity index (χ4v) is 2.32. The lowest BCUT2D eigenvalue weighted by molar-refractivity contribution is 0.0373. The largest absolute Gasteiger partial charge is 0.379 e. The van der Waals surface area contributed by atoms with Crippen LogP contribution in [0.2, 0.25) is 0 Å². The molecule has 4 nitrogen and oxygen atoms in total. The van der Waals surface area contributed by atoms with Gasteiger partial charge in [0.25, 0.3) is 0 Å². The molecular formula is C12H24N2O2. The second-order valence-electron chi connectivity index (χ2n) is 4.65. The quantitative estimate of drug-likeness (QED) is 0.670. The highest BCUT2D eigenvalue weighted by Gasteiger charge is 2.14. The average molecular weight is 228 g/mol. The van der Waals surface area contributed by atoms with E-state index in [0.717, 1.165) is 46.0 Å². The van der Waals surface area contributed by atoms with Gasteiger partial charge in [-0.1, -0.05) is 0 Å². The van der Waals surface area contributed by atoms with Crippen LogP contribution < -0.4 is 5.32 Å². The zero-order valence-electron chi connectivity index (χ0n) is 10.1. The molecule has 0 aromatic heterocycles. The van der Waals surface area contributed by atoms with E-state index in [4.69, 9.17) is 9.47 Å². The smallest absolute Gasteiger partial charge is 0.0700 e. The molecule has 0 aliphatic carbocycles. The highest BCUT2D eigenvalue weighted by atomic mass is 16.5. The van der Waals surface area contributed by atoms with E-state index in [-0.39, 0.29) is 0 Å². The summed E-state index contributed by atoms with van der Waals surface area (Å²) >= 11 is 0. The van der Waals surface area contributed by atoms with Crippen LogP contribution in [0.3, 0.4) is 0 Å². The lowest BCUT2D eigenvalue weighted by Gasteiger charge is -2.26. The molecule has 1 N–H and O–H groups in total. The maximum Gasteiger partial charge on any atom is 0.0700 e. The standard InChI is InChI=1S/C12H24N2O2/c1-3-12(16-8-1)11-13-4-2-5-14-6-9-15-10-7-14/h12-13H,1-11H2/t12-/m0/s1. The molecule has 2 rings (SSSR count). The van der Waals surface area contributed by atoms with Gasteiger partial charge in [-0.3, -0.25) is 4.90 Å². The third-order valence-electron chi connectivity index (χ3n) is 3.33. The van der Waals surface area contributed by atoms with Crippen molar-refractivity contribution in [2.24, 2.45) is 0 Å². The summed E-state index contributed by atoms with van der Waals surface area (Å²) < 4.78 is 10.9. The van der Waals surface area contributed by atoms with Crippen LogP contribution in [0, 0.1) is 0 Å². The fraction of sp³-hybridized carbons (Fsp3) is 1.00. The topological polar surface area (TPSA) is 33.7 Å². The predicted molar refractivity (Wildman–Crippen MR) is 63.7 cm³/mol. The number of nitrogens with zero attached hydrogens (tertiary/aromatic N) is 1. The second kappa shape index (κ2) is 7.22. The maximum atomic E-state index is 5.56. The summed E-state index contributed by atoms with van der Waals surface area (Å²) in [5.74, 6) is 0. The van der Waals surface area contributed by atoms with Gasteiger partial charge in [-0.15, -0.1) is 0 Å². The van der Waals surface area contributed by atoms with Gasteiger partial charge in [0.05, 0.1) is 19.3 Å². The number of ether oxygens (including phenoxy) is 2. The summed E-state index contributed by atoms with van der Waals surface area (Å²) in [5.41, 5.74) is 0. The molecule has 0 aromatic rings. The molecule has 2 aliphatic rings. The monoisotopic (exact) mass is 228 g/mol. The molecule has 2 saturated heterocycles. The maximum absolute atomic E-state index is 5.56. The minimum absolute atomic E-state index is 0.475. The second-order valence-corrected chi connectivity index (χ2v) is 4.65. The molecule has 0 radical (unpaired) electrons. The van der Waals surface area contributed by atoms with Gasteiger partial charge in [-0.2, -0.15) is 0 Å². The van der Waals surface area contributed by atoms with Crippen LogP contribution in [0.4, 0.5) is 0 Å². The third-order valence-corrected chi connectivity index (χ3v) is 3.33. The predicted octanol–water partition coefficient (Wildman–Crippen LogP) is 0.477. The Labute approximate surface area is 98.3 Å². The van der Waals surface area contributed by atoms with Crippen LogP contribution >= 0.6 is 0 Å². The summed E-state index contributed by atoms with van der Waals surface area (Å²) in [7, 11) is 0. The van der Waals surface area contributed by atoms with Crippen molar-refractivity contribution in [3.63, 3.8) is 0 Å². The molecule has 16 heavy (non-hydrogen) atoms. The summed E-state index contributed by atoms with van der Waals surface area (Å²) in [5, 5.41) is 3.48. The van der Waals surface area contributed by atoms with E-state index in [1.54, 1.807) is 0 Å². The van der Waals surface area contributed by atoms with Gasteiger partial charge < -0.3 is 14.8 Å². The number of morpholine rings is 1. The molecule has 0 saturated carbocycles. The van der Waals surface area contributed by atoms with Crippen LogP contribution in [0.1, 0.15) is 19.3 Å². The van der Waals surface area contributed by atoms with E-state index in [0.29, 0.717) is 6.10 Å². The van der Waals surface area contributed by atoms with Gasteiger partial charge in [0, 0.05) is 26.2 Å². The molecule has 0 spiro atoms. The molecular weight excluding hydrogens is 204 g/mol. The average Bonchev–Trinajstić information content (AvgIpc) is 2.83. The Morgan fingerprint density at radius 3 is 2.81 bits per heavy atom. The van der Waals surface area contributed by atoms with Crippen LogP contribution in [0.5, 0.6) is 0 Å². The number of rotatable bonds is 6. The van der Waals surface area contributed by atoms with E-state index < -0.39 is 0 Å². The Kier molecular flexibility index (Phi) is 5.55. The van der Waals surface area contributed by atoms with Gasteiger partial charge >= 0.3 is 0 Å². The van der Waals surface area contributed by atoms with Gasteiger partial charge in [-0.05, 0) is 32.4 Å². The van der Waals surface area contributed by atoms with Crippen LogP contribution in [-0.4, -0.2) is 63.5 Å². The van der Waals surface area contributed by atoms with Crippen LogP contribution in [0.15, 0.2) is 0 Å². The molecule has 94 valence electrons. The Bertz CT molecular complexity index is 178. The molecule has 0 amide bonds. The zero-order valence-corrected chi connectivity index (χ0v) is 10.1. The van der Waals surface area contributed by atoms with Crippen molar-refractivity contribution in [3.05, 3.63) is 0 Å². The molecule has 2 heterocycles. The van der Waals surface area contributed by atoms with E-state index in [1.165, 1.54) is 25.8 Å². The van der Waals surface area contributed by atoms with E-state index >= 15 is 0 Å². The summed E-state index contributed by atoms with van der Waals surface area (Å²) in [6.45, 7) is 8.31. The summed E-state index contributed by atoms with van der Waals surface area (Å²) in [6, 6.07) is 0. The Morgan fingerprint density at radius 2 is 2.06 bits per heavy atom. The highest BCUT2D eigenvalue weighted by molar-refractivity contribution is 4.68. The van der Waals surface area contributed by atoms with Gasteiger partial charge in [-0.25, -0.2) is 0 Å². The molecule has 0 unspecified atom stereocenters. The minimum atomic E-state index is 0.475. The lowest BCUT2D eigenvalue weighted by atomic mass is 10.2. The third kappa shape index (κ3) is 4.37. The van der Waals surface area contributed by atoms with Crippen molar-refractivity contribution in [3.8, 4) is 0 Å². The van der Waals surface area contributed by atoms with Crippen molar-refractivity contribution in [2.45, 2.75) is 25.4 Å². The van der Waals surface area contributed by atoms with Crippen molar-refractivity contribution >= 4 is 0 Å². The van der Waals surface area contributed by atoms with Crippen molar-refractivity contribution in [1.29, 1.82) is 0 Å². The molecule has 0 bridgehead atoms. The summed E-state index contributed by atoms with van der Waals surface area (Å²) in [4.78, 5) is 2.48. The number of hydrogen-bond acceptors (Lipinski definition) is 4. The Balaban J connectivity index is 1.42. The van der Waals surface area contributed by atoms with Crippen molar-refractivity contribution in [2.75, 3.05) is 52.5 Å².